The molecule has 0 bridgehead atoms. The fraction of sp³-hybridized carbons (Fsp3) is 0.588. The van der Waals surface area contributed by atoms with Crippen molar-refractivity contribution in [3.8, 4) is 0 Å². The third kappa shape index (κ3) is 2.96. The van der Waals surface area contributed by atoms with Crippen LogP contribution in [0.3, 0.4) is 0 Å². The molecule has 7 heteroatoms. The van der Waals surface area contributed by atoms with Gasteiger partial charge in [-0.3, -0.25) is 4.79 Å². The van der Waals surface area contributed by atoms with Crippen LogP contribution in [-0.4, -0.2) is 44.0 Å². The summed E-state index contributed by atoms with van der Waals surface area (Å²) in [6.07, 6.45) is 3.05. The molecule has 1 amide bonds. The van der Waals surface area contributed by atoms with Gasteiger partial charge in [-0.05, 0) is 46.6 Å². The molecule has 0 aromatic carbocycles. The molecule has 1 N–H and O–H groups in total. The van der Waals surface area contributed by atoms with Crippen LogP contribution in [0.1, 0.15) is 60.3 Å². The van der Waals surface area contributed by atoms with E-state index in [0.717, 1.165) is 0 Å². The molecular formula is C17H24N4O3. The summed E-state index contributed by atoms with van der Waals surface area (Å²) in [5, 5.41) is 19.2. The fourth-order valence-corrected chi connectivity index (χ4v) is 3.17. The Morgan fingerprint density at radius 2 is 2.17 bits per heavy atom. The number of rotatable bonds is 3. The zero-order valence-electron chi connectivity index (χ0n) is 14.6. The molecule has 130 valence electrons. The van der Waals surface area contributed by atoms with Crippen molar-refractivity contribution in [1.82, 2.24) is 19.9 Å². The Bertz CT molecular complexity index is 749. The van der Waals surface area contributed by atoms with E-state index in [4.69, 9.17) is 4.42 Å². The van der Waals surface area contributed by atoms with Gasteiger partial charge < -0.3 is 14.4 Å². The van der Waals surface area contributed by atoms with Crippen LogP contribution in [0.5, 0.6) is 0 Å². The maximum absolute atomic E-state index is 12.8. The molecule has 2 aromatic rings. The number of aromatic nitrogens is 3. The normalized spacial score (nSPS) is 21.5. The van der Waals surface area contributed by atoms with Gasteiger partial charge in [0.15, 0.2) is 0 Å². The molecule has 7 nitrogen and oxygen atoms in total. The molecule has 0 aliphatic carbocycles. The number of carbonyl (C=O) groups is 1. The van der Waals surface area contributed by atoms with Crippen LogP contribution in [0.15, 0.2) is 16.7 Å². The highest BCUT2D eigenvalue weighted by molar-refractivity contribution is 5.95. The second-order valence-electron chi connectivity index (χ2n) is 6.87. The molecular weight excluding hydrogens is 308 g/mol. The summed E-state index contributed by atoms with van der Waals surface area (Å²) >= 11 is 0. The number of piperidine rings is 1. The lowest BCUT2D eigenvalue weighted by atomic mass is 9.89. The van der Waals surface area contributed by atoms with Gasteiger partial charge in [0.25, 0.3) is 5.91 Å². The van der Waals surface area contributed by atoms with E-state index in [0.29, 0.717) is 42.2 Å². The van der Waals surface area contributed by atoms with Gasteiger partial charge in [0, 0.05) is 12.6 Å². The lowest BCUT2D eigenvalue weighted by Gasteiger charge is -2.37. The third-order valence-electron chi connectivity index (χ3n) is 4.55. The van der Waals surface area contributed by atoms with E-state index in [2.05, 4.69) is 10.3 Å². The van der Waals surface area contributed by atoms with Crippen molar-refractivity contribution in [3.63, 3.8) is 0 Å². The minimum atomic E-state index is -1.16. The summed E-state index contributed by atoms with van der Waals surface area (Å²) in [4.78, 5) is 14.5. The fourth-order valence-electron chi connectivity index (χ4n) is 3.17. The summed E-state index contributed by atoms with van der Waals surface area (Å²) in [5.41, 5.74) is -0.0790. The predicted octanol–water partition coefficient (Wildman–Crippen LogP) is 2.19. The molecule has 3 rings (SSSR count). The van der Waals surface area contributed by atoms with Gasteiger partial charge in [0.05, 0.1) is 18.3 Å². The highest BCUT2D eigenvalue weighted by Gasteiger charge is 2.39. The van der Waals surface area contributed by atoms with Crippen molar-refractivity contribution < 1.29 is 14.3 Å². The molecule has 1 aliphatic heterocycles. The topological polar surface area (TPSA) is 84.4 Å². The van der Waals surface area contributed by atoms with Gasteiger partial charge >= 0.3 is 0 Å². The van der Waals surface area contributed by atoms with Crippen LogP contribution in [0.25, 0.3) is 0 Å². The van der Waals surface area contributed by atoms with E-state index in [1.54, 1.807) is 28.8 Å². The van der Waals surface area contributed by atoms with Crippen LogP contribution in [0.2, 0.25) is 0 Å². The number of nitrogens with zero attached hydrogens (tertiary/aromatic N) is 4. The van der Waals surface area contributed by atoms with E-state index in [9.17, 15) is 9.90 Å². The first-order valence-electron chi connectivity index (χ1n) is 8.31. The number of hydrogen-bond donors (Lipinski definition) is 1. The molecule has 1 saturated heterocycles. The van der Waals surface area contributed by atoms with E-state index < -0.39 is 5.60 Å². The number of amides is 1. The zero-order valence-corrected chi connectivity index (χ0v) is 14.6. The second-order valence-corrected chi connectivity index (χ2v) is 6.87. The highest BCUT2D eigenvalue weighted by atomic mass is 16.3. The first-order chi connectivity index (χ1) is 11.3. The Balaban J connectivity index is 1.82. The molecule has 0 saturated carbocycles. The molecule has 2 aromatic heterocycles. The Morgan fingerprint density at radius 1 is 1.42 bits per heavy atom. The molecule has 1 fully saturated rings. The Labute approximate surface area is 141 Å². The number of carbonyl (C=O) groups excluding carboxylic acids is 1. The first kappa shape index (κ1) is 16.7. The maximum atomic E-state index is 12.8. The van der Waals surface area contributed by atoms with Crippen molar-refractivity contribution in [1.29, 1.82) is 0 Å². The minimum absolute atomic E-state index is 0.112. The number of aryl methyl sites for hydroxylation is 2. The Morgan fingerprint density at radius 3 is 2.75 bits per heavy atom. The predicted molar refractivity (Wildman–Crippen MR) is 87.6 cm³/mol. The van der Waals surface area contributed by atoms with Crippen LogP contribution in [0, 0.1) is 13.8 Å². The summed E-state index contributed by atoms with van der Waals surface area (Å²) in [6.45, 7) is 8.44. The summed E-state index contributed by atoms with van der Waals surface area (Å²) in [6, 6.07) is 1.92. The van der Waals surface area contributed by atoms with Crippen LogP contribution in [0.4, 0.5) is 0 Å². The summed E-state index contributed by atoms with van der Waals surface area (Å²) in [7, 11) is 0. The summed E-state index contributed by atoms with van der Waals surface area (Å²) in [5.74, 6) is 1.21. The second kappa shape index (κ2) is 6.05. The number of aliphatic hydroxyl groups is 1. The van der Waals surface area contributed by atoms with Gasteiger partial charge in [0.1, 0.15) is 22.8 Å². The molecule has 24 heavy (non-hydrogen) atoms. The SMILES string of the molecule is Cc1cc(C(=O)N2CCC[C@@](O)(c3cn(C(C)C)nn3)C2)c(C)o1. The molecule has 0 spiro atoms. The number of furan rings is 1. The van der Waals surface area contributed by atoms with Crippen LogP contribution < -0.4 is 0 Å². The zero-order chi connectivity index (χ0) is 17.5. The lowest BCUT2D eigenvalue weighted by Crippen LogP contribution is -2.48. The number of β-amino-alcohol motifs (C(OH)–C–C–N with tert-alkyl or cyclic N) is 1. The summed E-state index contributed by atoms with van der Waals surface area (Å²) < 4.78 is 7.18. The van der Waals surface area contributed by atoms with Crippen molar-refractivity contribution in [2.45, 2.75) is 52.2 Å². The van der Waals surface area contributed by atoms with Gasteiger partial charge in [-0.15, -0.1) is 5.10 Å². The average Bonchev–Trinajstić information content (AvgIpc) is 3.14. The third-order valence-corrected chi connectivity index (χ3v) is 4.55. The molecule has 0 unspecified atom stereocenters. The van der Waals surface area contributed by atoms with Crippen molar-refractivity contribution >= 4 is 5.91 Å². The molecule has 1 aliphatic rings. The van der Waals surface area contributed by atoms with Crippen molar-refractivity contribution in [2.75, 3.05) is 13.1 Å². The quantitative estimate of drug-likeness (QED) is 0.931. The highest BCUT2D eigenvalue weighted by Crippen LogP contribution is 2.31. The smallest absolute Gasteiger partial charge is 0.257 e. The maximum Gasteiger partial charge on any atom is 0.257 e. The van der Waals surface area contributed by atoms with E-state index in [1.165, 1.54) is 0 Å². The van der Waals surface area contributed by atoms with E-state index >= 15 is 0 Å². The number of hydrogen-bond acceptors (Lipinski definition) is 5. The first-order valence-corrected chi connectivity index (χ1v) is 8.31. The van der Waals surface area contributed by atoms with Crippen molar-refractivity contribution in [3.05, 3.63) is 35.0 Å². The molecule has 1 atom stereocenters. The van der Waals surface area contributed by atoms with E-state index in [-0.39, 0.29) is 18.5 Å². The van der Waals surface area contributed by atoms with Gasteiger partial charge in [0.2, 0.25) is 0 Å². The van der Waals surface area contributed by atoms with Gasteiger partial charge in [-0.1, -0.05) is 5.21 Å². The Hall–Kier alpha value is -2.15. The Kier molecular flexibility index (Phi) is 4.21. The van der Waals surface area contributed by atoms with Crippen LogP contribution in [-0.2, 0) is 5.60 Å². The average molecular weight is 332 g/mol. The van der Waals surface area contributed by atoms with E-state index in [1.807, 2.05) is 20.8 Å². The van der Waals surface area contributed by atoms with Crippen molar-refractivity contribution in [2.24, 2.45) is 0 Å². The van der Waals surface area contributed by atoms with Gasteiger partial charge in [-0.25, -0.2) is 4.68 Å². The minimum Gasteiger partial charge on any atom is -0.466 e. The van der Waals surface area contributed by atoms with Crippen LogP contribution >= 0.6 is 0 Å². The lowest BCUT2D eigenvalue weighted by molar-refractivity contribution is -0.0321. The molecule has 0 radical (unpaired) electrons. The van der Waals surface area contributed by atoms with Gasteiger partial charge in [-0.2, -0.15) is 0 Å². The monoisotopic (exact) mass is 332 g/mol. The number of likely N-dealkylation sites (tertiary alicyclic amines) is 1. The standard InChI is InChI=1S/C17H24N4O3/c1-11(2)21-9-15(18-19-21)17(23)6-5-7-20(10-17)16(22)14-8-12(3)24-13(14)4/h8-9,11,23H,5-7,10H2,1-4H3/t17-/m0/s1. The molecule has 3 heterocycles. The largest absolute Gasteiger partial charge is 0.466 e.